The predicted molar refractivity (Wildman–Crippen MR) is 74.6 cm³/mol. The van der Waals surface area contributed by atoms with E-state index in [1.54, 1.807) is 11.0 Å². The summed E-state index contributed by atoms with van der Waals surface area (Å²) >= 11 is 0. The third-order valence-electron chi connectivity index (χ3n) is 2.62. The van der Waals surface area contributed by atoms with E-state index in [0.717, 1.165) is 12.0 Å². The number of rotatable bonds is 7. The first-order valence-corrected chi connectivity index (χ1v) is 6.37. The molecule has 0 aliphatic rings. The highest BCUT2D eigenvalue weighted by atomic mass is 16.4. The van der Waals surface area contributed by atoms with Gasteiger partial charge in [-0.25, -0.2) is 0 Å². The van der Waals surface area contributed by atoms with Crippen LogP contribution in [0, 0.1) is 0 Å². The number of aliphatic carboxylic acids is 1. The third kappa shape index (κ3) is 5.86. The fourth-order valence-electron chi connectivity index (χ4n) is 1.67. The normalized spacial score (nSPS) is 10.6. The van der Waals surface area contributed by atoms with Crippen molar-refractivity contribution in [2.45, 2.75) is 19.8 Å². The van der Waals surface area contributed by atoms with Crippen LogP contribution in [0.4, 0.5) is 0 Å². The summed E-state index contributed by atoms with van der Waals surface area (Å²) in [5.74, 6) is -1.03. The Kier molecular flexibility index (Phi) is 6.36. The van der Waals surface area contributed by atoms with Crippen molar-refractivity contribution in [1.29, 1.82) is 0 Å². The van der Waals surface area contributed by atoms with Crippen molar-refractivity contribution in [3.63, 3.8) is 0 Å². The molecule has 0 fully saturated rings. The predicted octanol–water partition coefficient (Wildman–Crippen LogP) is 2.41. The lowest BCUT2D eigenvalue weighted by Crippen LogP contribution is -2.32. The molecule has 0 aliphatic heterocycles. The zero-order chi connectivity index (χ0) is 14.1. The first kappa shape index (κ1) is 15.0. The molecule has 0 bridgehead atoms. The molecule has 0 unspecified atom stereocenters. The largest absolute Gasteiger partial charge is 0.481 e. The number of carboxylic acids is 1. The van der Waals surface area contributed by atoms with Gasteiger partial charge in [0.25, 0.3) is 0 Å². The van der Waals surface area contributed by atoms with E-state index in [1.165, 1.54) is 6.08 Å². The number of hydrogen-bond donors (Lipinski definition) is 1. The molecule has 0 saturated carbocycles. The van der Waals surface area contributed by atoms with Crippen LogP contribution in [0.25, 0.3) is 6.08 Å². The van der Waals surface area contributed by atoms with Crippen molar-refractivity contribution in [3.8, 4) is 0 Å². The van der Waals surface area contributed by atoms with Crippen LogP contribution in [0.5, 0.6) is 0 Å². The smallest absolute Gasteiger partial charge is 0.305 e. The third-order valence-corrected chi connectivity index (χ3v) is 2.62. The van der Waals surface area contributed by atoms with E-state index >= 15 is 0 Å². The standard InChI is InChI=1S/C15H19NO3/c1-2-11-16(12-10-15(18)19)14(17)9-8-13-6-4-3-5-7-13/h3-9H,2,10-12H2,1H3,(H,18,19)/b9-8+. The van der Waals surface area contributed by atoms with Gasteiger partial charge < -0.3 is 10.0 Å². The molecule has 0 aromatic heterocycles. The number of amides is 1. The Hall–Kier alpha value is -2.10. The van der Waals surface area contributed by atoms with E-state index in [4.69, 9.17) is 5.11 Å². The molecule has 1 rings (SSSR count). The summed E-state index contributed by atoms with van der Waals surface area (Å²) in [6.45, 7) is 2.79. The Labute approximate surface area is 113 Å². The average molecular weight is 261 g/mol. The number of carbonyl (C=O) groups excluding carboxylic acids is 1. The minimum absolute atomic E-state index is 0.0229. The van der Waals surface area contributed by atoms with Crippen molar-refractivity contribution in [2.24, 2.45) is 0 Å². The number of carboxylic acid groups (broad SMARTS) is 1. The molecule has 102 valence electrons. The molecule has 0 saturated heterocycles. The lowest BCUT2D eigenvalue weighted by molar-refractivity contribution is -0.138. The topological polar surface area (TPSA) is 57.6 Å². The molecule has 0 spiro atoms. The first-order valence-electron chi connectivity index (χ1n) is 6.37. The van der Waals surface area contributed by atoms with Crippen LogP contribution in [0.15, 0.2) is 36.4 Å². The molecule has 0 heterocycles. The number of nitrogens with zero attached hydrogens (tertiary/aromatic N) is 1. The summed E-state index contributed by atoms with van der Waals surface area (Å²) in [6, 6.07) is 9.53. The van der Waals surface area contributed by atoms with Crippen LogP contribution < -0.4 is 0 Å². The SMILES string of the molecule is CCCN(CCC(=O)O)C(=O)/C=C/c1ccccc1. The van der Waals surface area contributed by atoms with Crippen molar-refractivity contribution in [1.82, 2.24) is 4.90 Å². The van der Waals surface area contributed by atoms with Gasteiger partial charge in [-0.1, -0.05) is 37.3 Å². The van der Waals surface area contributed by atoms with Crippen molar-refractivity contribution in [3.05, 3.63) is 42.0 Å². The van der Waals surface area contributed by atoms with E-state index in [9.17, 15) is 9.59 Å². The van der Waals surface area contributed by atoms with Gasteiger partial charge in [-0.2, -0.15) is 0 Å². The van der Waals surface area contributed by atoms with Crippen LogP contribution >= 0.6 is 0 Å². The van der Waals surface area contributed by atoms with Crippen LogP contribution in [0.1, 0.15) is 25.3 Å². The molecule has 1 N–H and O–H groups in total. The molecule has 1 aromatic carbocycles. The van der Waals surface area contributed by atoms with Gasteiger partial charge in [-0.15, -0.1) is 0 Å². The quantitative estimate of drug-likeness (QED) is 0.767. The van der Waals surface area contributed by atoms with E-state index in [2.05, 4.69) is 0 Å². The van der Waals surface area contributed by atoms with Crippen LogP contribution in [-0.4, -0.2) is 35.0 Å². The second kappa shape index (κ2) is 8.08. The van der Waals surface area contributed by atoms with Crippen molar-refractivity contribution >= 4 is 18.0 Å². The van der Waals surface area contributed by atoms with Gasteiger partial charge in [0.2, 0.25) is 5.91 Å². The minimum atomic E-state index is -0.888. The summed E-state index contributed by atoms with van der Waals surface area (Å²) in [5.41, 5.74) is 0.950. The van der Waals surface area contributed by atoms with Gasteiger partial charge in [0.1, 0.15) is 0 Å². The van der Waals surface area contributed by atoms with Crippen LogP contribution in [0.2, 0.25) is 0 Å². The maximum absolute atomic E-state index is 12.0. The van der Waals surface area contributed by atoms with Gasteiger partial charge in [-0.3, -0.25) is 9.59 Å². The van der Waals surface area contributed by atoms with Gasteiger partial charge in [0.15, 0.2) is 0 Å². The van der Waals surface area contributed by atoms with E-state index in [-0.39, 0.29) is 18.9 Å². The summed E-state index contributed by atoms with van der Waals surface area (Å²) in [5, 5.41) is 8.66. The highest BCUT2D eigenvalue weighted by Gasteiger charge is 2.10. The zero-order valence-corrected chi connectivity index (χ0v) is 11.1. The fourth-order valence-corrected chi connectivity index (χ4v) is 1.67. The minimum Gasteiger partial charge on any atom is -0.481 e. The number of carbonyl (C=O) groups is 2. The molecule has 19 heavy (non-hydrogen) atoms. The Balaban J connectivity index is 2.61. The van der Waals surface area contributed by atoms with Gasteiger partial charge in [0.05, 0.1) is 6.42 Å². The highest BCUT2D eigenvalue weighted by Crippen LogP contribution is 2.03. The zero-order valence-electron chi connectivity index (χ0n) is 11.1. The van der Waals surface area contributed by atoms with Crippen LogP contribution in [0.3, 0.4) is 0 Å². The van der Waals surface area contributed by atoms with E-state index in [1.807, 2.05) is 37.3 Å². The Morgan fingerprint density at radius 3 is 2.47 bits per heavy atom. The summed E-state index contributed by atoms with van der Waals surface area (Å²) < 4.78 is 0. The molecule has 4 heteroatoms. The summed E-state index contributed by atoms with van der Waals surface area (Å²) in [4.78, 5) is 24.1. The molecule has 4 nitrogen and oxygen atoms in total. The molecule has 0 atom stereocenters. The van der Waals surface area contributed by atoms with Crippen molar-refractivity contribution in [2.75, 3.05) is 13.1 Å². The maximum atomic E-state index is 12.0. The van der Waals surface area contributed by atoms with Gasteiger partial charge >= 0.3 is 5.97 Å². The first-order chi connectivity index (χ1) is 9.13. The van der Waals surface area contributed by atoms with Gasteiger partial charge in [0, 0.05) is 19.2 Å². The second-order valence-electron chi connectivity index (χ2n) is 4.21. The molecular weight excluding hydrogens is 242 g/mol. The molecule has 0 aliphatic carbocycles. The Morgan fingerprint density at radius 2 is 1.89 bits per heavy atom. The van der Waals surface area contributed by atoms with Gasteiger partial charge in [-0.05, 0) is 18.1 Å². The second-order valence-corrected chi connectivity index (χ2v) is 4.21. The summed E-state index contributed by atoms with van der Waals surface area (Å²) in [7, 11) is 0. The fraction of sp³-hybridized carbons (Fsp3) is 0.333. The number of hydrogen-bond acceptors (Lipinski definition) is 2. The summed E-state index contributed by atoms with van der Waals surface area (Å²) in [6.07, 6.45) is 4.02. The van der Waals surface area contributed by atoms with Crippen LogP contribution in [-0.2, 0) is 9.59 Å². The number of benzene rings is 1. The van der Waals surface area contributed by atoms with E-state index < -0.39 is 5.97 Å². The highest BCUT2D eigenvalue weighted by molar-refractivity contribution is 5.92. The Morgan fingerprint density at radius 1 is 1.21 bits per heavy atom. The Bertz CT molecular complexity index is 440. The van der Waals surface area contributed by atoms with Crippen molar-refractivity contribution < 1.29 is 14.7 Å². The lowest BCUT2D eigenvalue weighted by atomic mass is 10.2. The molecule has 1 amide bonds. The molecule has 1 aromatic rings. The molecule has 0 radical (unpaired) electrons. The van der Waals surface area contributed by atoms with E-state index in [0.29, 0.717) is 6.54 Å². The monoisotopic (exact) mass is 261 g/mol. The average Bonchev–Trinajstić information content (AvgIpc) is 2.41. The lowest BCUT2D eigenvalue weighted by Gasteiger charge is -2.19. The molecular formula is C15H19NO3. The maximum Gasteiger partial charge on any atom is 0.305 e.